The molecule has 0 bridgehead atoms. The second-order valence-corrected chi connectivity index (χ2v) is 3.54. The van der Waals surface area contributed by atoms with Crippen LogP contribution in [0.5, 0.6) is 0 Å². The Bertz CT molecular complexity index is 668. The third-order valence-corrected chi connectivity index (χ3v) is 2.64. The molecule has 0 unspecified atom stereocenters. The highest BCUT2D eigenvalue weighted by Gasteiger charge is 2.21. The van der Waals surface area contributed by atoms with Gasteiger partial charge in [-0.15, -0.1) is 0 Å². The van der Waals surface area contributed by atoms with Crippen LogP contribution in [0.1, 0.15) is 0 Å². The van der Waals surface area contributed by atoms with E-state index in [0.717, 1.165) is 4.68 Å². The first-order chi connectivity index (χ1) is 7.68. The molecule has 0 spiro atoms. The fourth-order valence-corrected chi connectivity index (χ4v) is 1.92. The van der Waals surface area contributed by atoms with Crippen molar-refractivity contribution in [1.29, 1.82) is 0 Å². The van der Waals surface area contributed by atoms with E-state index in [1.54, 1.807) is 24.3 Å². The molecule has 0 saturated heterocycles. The van der Waals surface area contributed by atoms with Crippen LogP contribution in [-0.2, 0) is 0 Å². The molecule has 5 heteroatoms. The molecular weight excluding hydrogens is 211 g/mol. The number of rotatable bonds is 0. The summed E-state index contributed by atoms with van der Waals surface area (Å²) < 4.78 is 14.7. The first-order valence-corrected chi connectivity index (χ1v) is 4.69. The van der Waals surface area contributed by atoms with Gasteiger partial charge in [0.05, 0.1) is 11.3 Å². The van der Waals surface area contributed by atoms with Crippen molar-refractivity contribution in [2.24, 2.45) is 0 Å². The van der Waals surface area contributed by atoms with Gasteiger partial charge >= 0.3 is 6.09 Å². The van der Waals surface area contributed by atoms with E-state index in [0.29, 0.717) is 22.0 Å². The van der Waals surface area contributed by atoms with Crippen molar-refractivity contribution in [2.75, 3.05) is 0 Å². The lowest BCUT2D eigenvalue weighted by molar-refractivity contribution is 0.193. The maximum atomic E-state index is 13.9. The quantitative estimate of drug-likeness (QED) is 0.609. The van der Waals surface area contributed by atoms with Crippen LogP contribution in [0.3, 0.4) is 0 Å². The van der Waals surface area contributed by atoms with Crippen LogP contribution < -0.4 is 0 Å². The molecule has 0 fully saturated rings. The number of aromatic amines is 1. The number of carbonyl (C=O) groups is 1. The van der Waals surface area contributed by atoms with E-state index in [9.17, 15) is 9.18 Å². The van der Waals surface area contributed by atoms with E-state index < -0.39 is 6.09 Å². The molecule has 1 aliphatic carbocycles. The van der Waals surface area contributed by atoms with Gasteiger partial charge in [0.15, 0.2) is 0 Å². The van der Waals surface area contributed by atoms with Gasteiger partial charge in [0.25, 0.3) is 0 Å². The molecule has 0 radical (unpaired) electrons. The highest BCUT2D eigenvalue weighted by atomic mass is 19.1. The Morgan fingerprint density at radius 3 is 2.69 bits per heavy atom. The highest BCUT2D eigenvalue weighted by molar-refractivity contribution is 6.01. The van der Waals surface area contributed by atoms with Crippen LogP contribution in [0.2, 0.25) is 0 Å². The van der Waals surface area contributed by atoms with Crippen molar-refractivity contribution >= 4 is 16.9 Å². The predicted octanol–water partition coefficient (Wildman–Crippen LogP) is 2.74. The molecule has 4 nitrogen and oxygen atoms in total. The minimum absolute atomic E-state index is 0.295. The van der Waals surface area contributed by atoms with Crippen LogP contribution in [0.15, 0.2) is 30.5 Å². The van der Waals surface area contributed by atoms with Crippen LogP contribution in [0.25, 0.3) is 22.0 Å². The number of hydrogen-bond acceptors (Lipinski definition) is 1. The number of aromatic nitrogens is 2. The Morgan fingerprint density at radius 1 is 1.31 bits per heavy atom. The molecule has 2 aliphatic rings. The summed E-state index contributed by atoms with van der Waals surface area (Å²) in [6, 6.07) is 6.95. The zero-order valence-corrected chi connectivity index (χ0v) is 8.07. The minimum atomic E-state index is -1.17. The topological polar surface area (TPSA) is 58.0 Å². The molecule has 80 valence electrons. The van der Waals surface area contributed by atoms with Crippen molar-refractivity contribution in [3.8, 4) is 11.3 Å². The molecule has 2 N–H and O–H groups in total. The summed E-state index contributed by atoms with van der Waals surface area (Å²) in [5, 5.41) is 12.6. The summed E-state index contributed by atoms with van der Waals surface area (Å²) >= 11 is 0. The summed E-state index contributed by atoms with van der Waals surface area (Å²) in [6.45, 7) is 0. The molecule has 0 saturated carbocycles. The van der Waals surface area contributed by atoms with Crippen molar-refractivity contribution in [2.45, 2.75) is 0 Å². The van der Waals surface area contributed by atoms with Gasteiger partial charge in [-0.2, -0.15) is 4.68 Å². The summed E-state index contributed by atoms with van der Waals surface area (Å²) in [7, 11) is 0. The van der Waals surface area contributed by atoms with E-state index in [4.69, 9.17) is 5.11 Å². The maximum absolute atomic E-state index is 13.9. The number of halogens is 1. The summed E-state index contributed by atoms with van der Waals surface area (Å²) in [4.78, 5) is 10.7. The molecule has 3 rings (SSSR count). The number of nitrogens with one attached hydrogen (secondary N) is 1. The van der Waals surface area contributed by atoms with E-state index >= 15 is 0 Å². The number of nitrogens with zero attached hydrogens (tertiary/aromatic N) is 1. The van der Waals surface area contributed by atoms with Crippen molar-refractivity contribution < 1.29 is 14.3 Å². The first-order valence-electron chi connectivity index (χ1n) is 4.69. The van der Waals surface area contributed by atoms with Crippen LogP contribution in [0, 0.1) is 5.82 Å². The van der Waals surface area contributed by atoms with Gasteiger partial charge in [0.1, 0.15) is 5.82 Å². The molecule has 1 aromatic rings. The Morgan fingerprint density at radius 2 is 2.00 bits per heavy atom. The van der Waals surface area contributed by atoms with E-state index in [1.165, 1.54) is 6.20 Å². The lowest BCUT2D eigenvalue weighted by atomic mass is 10.2. The Kier molecular flexibility index (Phi) is 1.60. The fraction of sp³-hybridized carbons (Fsp3) is 0. The summed E-state index contributed by atoms with van der Waals surface area (Å²) in [5.41, 5.74) is 0.805. The standard InChI is InChI=1S/C11H7FN2O2/c12-9-6-3-1-2-4-7(6)10-8(9)5-14(13-10)11(15)16/h1-5,13H,(H,15,16). The number of H-pyrrole nitrogens is 1. The van der Waals surface area contributed by atoms with E-state index in [2.05, 4.69) is 5.10 Å². The smallest absolute Gasteiger partial charge is 0.430 e. The van der Waals surface area contributed by atoms with Crippen LogP contribution in [-0.4, -0.2) is 21.0 Å². The lowest BCUT2D eigenvalue weighted by Crippen LogP contribution is -2.07. The molecule has 1 aliphatic heterocycles. The normalized spacial score (nSPS) is 11.3. The van der Waals surface area contributed by atoms with Crippen molar-refractivity contribution in [3.63, 3.8) is 0 Å². The molecule has 16 heavy (non-hydrogen) atoms. The third kappa shape index (κ3) is 0.995. The van der Waals surface area contributed by atoms with Gasteiger partial charge in [-0.05, 0) is 0 Å². The SMILES string of the molecule is O=C(O)n1cc2c(F)c3ccccc3c-2[nH]1. The second-order valence-electron chi connectivity index (χ2n) is 3.54. The monoisotopic (exact) mass is 218 g/mol. The second kappa shape index (κ2) is 2.85. The molecule has 0 aromatic heterocycles. The Hall–Kier alpha value is -2.30. The number of hydrogen-bond donors (Lipinski definition) is 2. The Balaban J connectivity index is 2.44. The molecular formula is C11H7FN2O2. The predicted molar refractivity (Wildman–Crippen MR) is 56.3 cm³/mol. The van der Waals surface area contributed by atoms with Gasteiger partial charge in [-0.3, -0.25) is 5.10 Å². The highest BCUT2D eigenvalue weighted by Crippen LogP contribution is 2.36. The summed E-state index contributed by atoms with van der Waals surface area (Å²) in [5.74, 6) is -0.387. The molecule has 1 heterocycles. The van der Waals surface area contributed by atoms with Crippen LogP contribution >= 0.6 is 0 Å². The van der Waals surface area contributed by atoms with Gasteiger partial charge in [-0.1, -0.05) is 24.3 Å². The number of fused-ring (bicyclic) bond motifs is 3. The summed E-state index contributed by atoms with van der Waals surface area (Å²) in [6.07, 6.45) is 0.0761. The third-order valence-electron chi connectivity index (χ3n) is 2.64. The average molecular weight is 218 g/mol. The van der Waals surface area contributed by atoms with Crippen LogP contribution in [0.4, 0.5) is 9.18 Å². The van der Waals surface area contributed by atoms with E-state index in [-0.39, 0.29) is 5.82 Å². The number of carboxylic acid groups (broad SMARTS) is 1. The van der Waals surface area contributed by atoms with Crippen molar-refractivity contribution in [3.05, 3.63) is 36.3 Å². The van der Waals surface area contributed by atoms with Gasteiger partial charge in [-0.25, -0.2) is 9.18 Å². The van der Waals surface area contributed by atoms with Gasteiger partial charge in [0, 0.05) is 17.0 Å². The fourth-order valence-electron chi connectivity index (χ4n) is 1.92. The lowest BCUT2D eigenvalue weighted by Gasteiger charge is -1.92. The largest absolute Gasteiger partial charge is 0.463 e. The molecule has 0 amide bonds. The Labute approximate surface area is 89.2 Å². The zero-order valence-electron chi connectivity index (χ0n) is 8.07. The maximum Gasteiger partial charge on any atom is 0.430 e. The van der Waals surface area contributed by atoms with E-state index in [1.807, 2.05) is 0 Å². The zero-order chi connectivity index (χ0) is 11.3. The van der Waals surface area contributed by atoms with Crippen molar-refractivity contribution in [1.82, 2.24) is 9.78 Å². The minimum Gasteiger partial charge on any atom is -0.463 e. The average Bonchev–Trinajstić information content (AvgIpc) is 2.81. The van der Waals surface area contributed by atoms with Gasteiger partial charge in [0.2, 0.25) is 0 Å². The molecule has 1 aromatic carbocycles. The van der Waals surface area contributed by atoms with Gasteiger partial charge < -0.3 is 5.11 Å². The number of benzene rings is 1. The molecule has 0 atom stereocenters. The first kappa shape index (κ1) is 8.96.